The van der Waals surface area contributed by atoms with Gasteiger partial charge in [0.2, 0.25) is 0 Å². The number of aryl methyl sites for hydroxylation is 2. The lowest BCUT2D eigenvalue weighted by molar-refractivity contribution is 0.0958. The Kier molecular flexibility index (Phi) is 4.61. The second-order valence-electron chi connectivity index (χ2n) is 6.17. The summed E-state index contributed by atoms with van der Waals surface area (Å²) >= 11 is 3.17. The van der Waals surface area contributed by atoms with Crippen LogP contribution in [0.3, 0.4) is 0 Å². The number of hydrogen-bond donors (Lipinski definition) is 1. The van der Waals surface area contributed by atoms with Gasteiger partial charge in [-0.3, -0.25) is 4.79 Å². The minimum atomic E-state index is -0.0351. The highest BCUT2D eigenvalue weighted by atomic mass is 32.1. The number of thiophene rings is 2. The lowest BCUT2D eigenvalue weighted by Gasteiger charge is -2.11. The number of pyridine rings is 1. The van der Waals surface area contributed by atoms with Crippen molar-refractivity contribution in [1.29, 1.82) is 0 Å². The van der Waals surface area contributed by atoms with Gasteiger partial charge in [-0.15, -0.1) is 22.7 Å². The van der Waals surface area contributed by atoms with Crippen LogP contribution in [0.2, 0.25) is 0 Å². The molecule has 4 heterocycles. The Labute approximate surface area is 160 Å². The van der Waals surface area contributed by atoms with Gasteiger partial charge in [-0.05, 0) is 56.0 Å². The maximum atomic E-state index is 12.9. The summed E-state index contributed by atoms with van der Waals surface area (Å²) in [5.74, 6) is -0.0351. The number of nitrogens with zero attached hydrogens (tertiary/aromatic N) is 2. The lowest BCUT2D eigenvalue weighted by atomic mass is 10.2. The highest BCUT2D eigenvalue weighted by Gasteiger charge is 2.22. The first-order valence-corrected chi connectivity index (χ1v) is 10.2. The summed E-state index contributed by atoms with van der Waals surface area (Å²) in [6, 6.07) is 12.2. The summed E-state index contributed by atoms with van der Waals surface area (Å²) in [5.41, 5.74) is 3.16. The number of aromatic nitrogens is 2. The van der Waals surface area contributed by atoms with Crippen LogP contribution < -0.4 is 5.32 Å². The van der Waals surface area contributed by atoms with E-state index < -0.39 is 0 Å². The monoisotopic (exact) mass is 381 g/mol. The molecule has 0 saturated heterocycles. The molecule has 0 aliphatic rings. The van der Waals surface area contributed by atoms with Crippen molar-refractivity contribution >= 4 is 38.8 Å². The van der Waals surface area contributed by atoms with E-state index in [9.17, 15) is 4.79 Å². The SMILES string of the molecule is Cc1ccc(C)n1-c1c(C(=O)NCCc2cccs2)sc2ncccc12. The molecule has 6 heteroatoms. The number of rotatable bonds is 5. The molecule has 0 aliphatic carbocycles. The number of fused-ring (bicyclic) bond motifs is 1. The van der Waals surface area contributed by atoms with Gasteiger partial charge < -0.3 is 9.88 Å². The third-order valence-corrected chi connectivity index (χ3v) is 6.42. The van der Waals surface area contributed by atoms with Crippen molar-refractivity contribution in [2.24, 2.45) is 0 Å². The maximum absolute atomic E-state index is 12.9. The molecule has 1 amide bonds. The van der Waals surface area contributed by atoms with Gasteiger partial charge in [0, 0.05) is 34.4 Å². The molecule has 26 heavy (non-hydrogen) atoms. The maximum Gasteiger partial charge on any atom is 0.263 e. The minimum Gasteiger partial charge on any atom is -0.351 e. The standard InChI is InChI=1S/C20H19N3OS2/c1-13-7-8-14(2)23(13)17-16-6-3-10-22-20(16)26-18(17)19(24)21-11-9-15-5-4-12-25-15/h3-8,10,12H,9,11H2,1-2H3,(H,21,24). The zero-order chi connectivity index (χ0) is 18.1. The number of nitrogens with one attached hydrogen (secondary N) is 1. The van der Waals surface area contributed by atoms with Crippen LogP contribution in [0.4, 0.5) is 0 Å². The van der Waals surface area contributed by atoms with E-state index in [2.05, 4.69) is 52.3 Å². The van der Waals surface area contributed by atoms with Crippen LogP contribution in [0, 0.1) is 13.8 Å². The predicted molar refractivity (Wildman–Crippen MR) is 109 cm³/mol. The second-order valence-corrected chi connectivity index (χ2v) is 8.20. The number of carbonyl (C=O) groups excluding carboxylic acids is 1. The van der Waals surface area contributed by atoms with E-state index in [-0.39, 0.29) is 5.91 Å². The fourth-order valence-electron chi connectivity index (χ4n) is 3.15. The van der Waals surface area contributed by atoms with E-state index in [0.29, 0.717) is 11.4 Å². The van der Waals surface area contributed by atoms with Gasteiger partial charge in [-0.25, -0.2) is 4.98 Å². The Hall–Kier alpha value is -2.44. The molecular formula is C20H19N3OS2. The Morgan fingerprint density at radius 2 is 1.96 bits per heavy atom. The normalized spacial score (nSPS) is 11.2. The topological polar surface area (TPSA) is 46.9 Å². The van der Waals surface area contributed by atoms with Crippen molar-refractivity contribution < 1.29 is 4.79 Å². The van der Waals surface area contributed by atoms with Crippen molar-refractivity contribution in [2.45, 2.75) is 20.3 Å². The van der Waals surface area contributed by atoms with Crippen molar-refractivity contribution in [2.75, 3.05) is 6.54 Å². The van der Waals surface area contributed by atoms with Gasteiger partial charge in [-0.2, -0.15) is 0 Å². The van der Waals surface area contributed by atoms with E-state index in [1.54, 1.807) is 17.5 Å². The van der Waals surface area contributed by atoms with Gasteiger partial charge in [0.05, 0.1) is 5.69 Å². The Morgan fingerprint density at radius 3 is 2.69 bits per heavy atom. The van der Waals surface area contributed by atoms with Gasteiger partial charge in [0.15, 0.2) is 0 Å². The molecule has 0 fully saturated rings. The number of carbonyl (C=O) groups is 1. The van der Waals surface area contributed by atoms with Crippen molar-refractivity contribution in [3.63, 3.8) is 0 Å². The molecule has 0 aromatic carbocycles. The van der Waals surface area contributed by atoms with E-state index >= 15 is 0 Å². The Morgan fingerprint density at radius 1 is 1.15 bits per heavy atom. The molecule has 0 saturated carbocycles. The van der Waals surface area contributed by atoms with Crippen LogP contribution in [0.15, 0.2) is 48.0 Å². The van der Waals surface area contributed by atoms with Crippen LogP contribution in [0.1, 0.15) is 25.9 Å². The number of hydrogen-bond acceptors (Lipinski definition) is 4. The summed E-state index contributed by atoms with van der Waals surface area (Å²) in [6.07, 6.45) is 2.62. The van der Waals surface area contributed by atoms with E-state index in [1.807, 2.05) is 18.2 Å². The van der Waals surface area contributed by atoms with Crippen LogP contribution >= 0.6 is 22.7 Å². The van der Waals surface area contributed by atoms with E-state index in [4.69, 9.17) is 0 Å². The first kappa shape index (κ1) is 17.0. The average Bonchev–Trinajstić information content (AvgIpc) is 3.35. The molecule has 4 aromatic heterocycles. The quantitative estimate of drug-likeness (QED) is 0.543. The average molecular weight is 382 g/mol. The van der Waals surface area contributed by atoms with E-state index in [1.165, 1.54) is 16.2 Å². The number of amides is 1. The largest absolute Gasteiger partial charge is 0.351 e. The van der Waals surface area contributed by atoms with Crippen molar-refractivity contribution in [3.8, 4) is 5.69 Å². The van der Waals surface area contributed by atoms with Crippen molar-refractivity contribution in [3.05, 3.63) is 69.1 Å². The highest BCUT2D eigenvalue weighted by molar-refractivity contribution is 7.21. The third kappa shape index (κ3) is 3.06. The van der Waals surface area contributed by atoms with E-state index in [0.717, 1.165) is 33.7 Å². The Bertz CT molecular complexity index is 1040. The molecule has 0 spiro atoms. The van der Waals surface area contributed by atoms with Gasteiger partial charge in [0.1, 0.15) is 9.71 Å². The minimum absolute atomic E-state index is 0.0351. The molecule has 4 nitrogen and oxygen atoms in total. The molecular weight excluding hydrogens is 362 g/mol. The molecule has 0 bridgehead atoms. The summed E-state index contributed by atoms with van der Waals surface area (Å²) in [7, 11) is 0. The van der Waals surface area contributed by atoms with Gasteiger partial charge in [0.25, 0.3) is 5.91 Å². The molecule has 4 rings (SSSR count). The molecule has 0 unspecified atom stereocenters. The molecule has 0 atom stereocenters. The lowest BCUT2D eigenvalue weighted by Crippen LogP contribution is -2.25. The fourth-order valence-corrected chi connectivity index (χ4v) is 4.90. The first-order chi connectivity index (χ1) is 12.6. The van der Waals surface area contributed by atoms with Crippen LogP contribution in [-0.4, -0.2) is 22.0 Å². The van der Waals surface area contributed by atoms with Crippen LogP contribution in [0.5, 0.6) is 0 Å². The van der Waals surface area contributed by atoms with Crippen LogP contribution in [-0.2, 0) is 6.42 Å². The second kappa shape index (κ2) is 7.05. The summed E-state index contributed by atoms with van der Waals surface area (Å²) in [4.78, 5) is 20.3. The highest BCUT2D eigenvalue weighted by Crippen LogP contribution is 2.34. The van der Waals surface area contributed by atoms with Gasteiger partial charge in [-0.1, -0.05) is 6.07 Å². The van der Waals surface area contributed by atoms with Gasteiger partial charge >= 0.3 is 0 Å². The van der Waals surface area contributed by atoms with Crippen molar-refractivity contribution in [1.82, 2.24) is 14.9 Å². The molecule has 0 radical (unpaired) electrons. The molecule has 4 aromatic rings. The summed E-state index contributed by atoms with van der Waals surface area (Å²) in [5, 5.41) is 6.15. The molecule has 132 valence electrons. The Balaban J connectivity index is 1.70. The predicted octanol–water partition coefficient (Wildman–Crippen LogP) is 4.74. The fraction of sp³-hybridized carbons (Fsp3) is 0.200. The third-order valence-electron chi connectivity index (χ3n) is 4.38. The molecule has 1 N–H and O–H groups in total. The smallest absolute Gasteiger partial charge is 0.263 e. The summed E-state index contributed by atoms with van der Waals surface area (Å²) < 4.78 is 2.15. The summed E-state index contributed by atoms with van der Waals surface area (Å²) in [6.45, 7) is 4.75. The zero-order valence-electron chi connectivity index (χ0n) is 14.7. The zero-order valence-corrected chi connectivity index (χ0v) is 16.3. The van der Waals surface area contributed by atoms with Crippen LogP contribution in [0.25, 0.3) is 15.9 Å². The first-order valence-electron chi connectivity index (χ1n) is 8.48. The molecule has 0 aliphatic heterocycles.